The minimum atomic E-state index is -0.000958. The number of Topliss-reactive ketones (excluding diaryl/α,β-unsaturated/α-hetero) is 1. The molecule has 4 bridgehead atoms. The third-order valence-electron chi connectivity index (χ3n) is 8.32. The number of carbonyl (C=O) groups is 1. The lowest BCUT2D eigenvalue weighted by atomic mass is 9.48. The number of hydrogen-bond acceptors (Lipinski definition) is 2. The van der Waals surface area contributed by atoms with Crippen LogP contribution >= 0.6 is 15.9 Å². The Morgan fingerprint density at radius 1 is 1.00 bits per heavy atom. The van der Waals surface area contributed by atoms with Gasteiger partial charge in [0.05, 0.1) is 4.47 Å². The highest BCUT2D eigenvalue weighted by Gasteiger charge is 2.52. The van der Waals surface area contributed by atoms with Gasteiger partial charge in [-0.2, -0.15) is 0 Å². The fourth-order valence-electron chi connectivity index (χ4n) is 7.58. The van der Waals surface area contributed by atoms with Crippen molar-refractivity contribution in [3.63, 3.8) is 0 Å². The number of hydrogen-bond donors (Lipinski definition) is 0. The molecule has 7 rings (SSSR count). The number of rotatable bonds is 1. The van der Waals surface area contributed by atoms with Gasteiger partial charge in [-0.1, -0.05) is 19.9 Å². The molecule has 3 heteroatoms. The van der Waals surface area contributed by atoms with E-state index in [1.54, 1.807) is 0 Å². The van der Waals surface area contributed by atoms with Gasteiger partial charge in [0.1, 0.15) is 11.5 Å². The predicted octanol–water partition coefficient (Wildman–Crippen LogP) is 6.50. The van der Waals surface area contributed by atoms with E-state index in [1.165, 1.54) is 49.7 Å². The van der Waals surface area contributed by atoms with Crippen LogP contribution in [0.3, 0.4) is 0 Å². The molecule has 0 radical (unpaired) electrons. The minimum absolute atomic E-state index is 0.000958. The first-order valence-electron chi connectivity index (χ1n) is 11.1. The van der Waals surface area contributed by atoms with Crippen LogP contribution < -0.4 is 4.74 Å². The van der Waals surface area contributed by atoms with Crippen molar-refractivity contribution in [2.75, 3.05) is 0 Å². The van der Waals surface area contributed by atoms with Crippen molar-refractivity contribution in [1.29, 1.82) is 0 Å². The maximum Gasteiger partial charge on any atom is 0.163 e. The SMILES string of the molecule is CC1(C)CC(=O)C2=C(C1)Oc1c(Br)cc(C34CC5CC(CC(C5)C3)C4)cc1C2. The maximum atomic E-state index is 12.8. The minimum Gasteiger partial charge on any atom is -0.460 e. The van der Waals surface area contributed by atoms with Crippen LogP contribution in [-0.2, 0) is 16.6 Å². The molecule has 1 aromatic carbocycles. The van der Waals surface area contributed by atoms with Gasteiger partial charge in [0.25, 0.3) is 0 Å². The molecule has 0 saturated heterocycles. The summed E-state index contributed by atoms with van der Waals surface area (Å²) in [5.41, 5.74) is 4.03. The van der Waals surface area contributed by atoms with Crippen molar-refractivity contribution in [2.45, 2.75) is 77.0 Å². The number of allylic oxidation sites excluding steroid dienone is 2. The van der Waals surface area contributed by atoms with E-state index in [2.05, 4.69) is 41.9 Å². The third-order valence-corrected chi connectivity index (χ3v) is 8.90. The van der Waals surface area contributed by atoms with E-state index in [0.717, 1.165) is 52.1 Å². The molecule has 0 atom stereocenters. The number of fused-ring (bicyclic) bond motifs is 1. The second-order valence-corrected chi connectivity index (χ2v) is 12.1. The highest BCUT2D eigenvalue weighted by molar-refractivity contribution is 9.10. The Balaban J connectivity index is 1.39. The average molecular weight is 441 g/mol. The van der Waals surface area contributed by atoms with Gasteiger partial charge in [0.2, 0.25) is 0 Å². The van der Waals surface area contributed by atoms with Gasteiger partial charge in [-0.25, -0.2) is 0 Å². The molecule has 1 aliphatic heterocycles. The molecule has 6 aliphatic rings. The van der Waals surface area contributed by atoms with Crippen LogP contribution in [0.25, 0.3) is 0 Å². The third kappa shape index (κ3) is 2.61. The molecule has 4 saturated carbocycles. The van der Waals surface area contributed by atoms with Crippen LogP contribution in [0.5, 0.6) is 5.75 Å². The molecule has 2 nitrogen and oxygen atoms in total. The van der Waals surface area contributed by atoms with E-state index in [4.69, 9.17) is 4.74 Å². The van der Waals surface area contributed by atoms with Gasteiger partial charge in [0, 0.05) is 30.4 Å². The zero-order valence-corrected chi connectivity index (χ0v) is 18.5. The zero-order valence-electron chi connectivity index (χ0n) is 16.9. The Hall–Kier alpha value is -1.09. The fourth-order valence-corrected chi connectivity index (χ4v) is 8.16. The Kier molecular flexibility index (Phi) is 3.64. The highest BCUT2D eigenvalue weighted by Crippen LogP contribution is 2.61. The summed E-state index contributed by atoms with van der Waals surface area (Å²) in [5.74, 6) is 4.97. The topological polar surface area (TPSA) is 26.3 Å². The van der Waals surface area contributed by atoms with Crippen molar-refractivity contribution < 1.29 is 9.53 Å². The molecular weight excluding hydrogens is 412 g/mol. The van der Waals surface area contributed by atoms with Crippen molar-refractivity contribution in [2.24, 2.45) is 23.2 Å². The van der Waals surface area contributed by atoms with Gasteiger partial charge >= 0.3 is 0 Å². The molecule has 0 spiro atoms. The van der Waals surface area contributed by atoms with Gasteiger partial charge in [-0.3, -0.25) is 4.79 Å². The summed E-state index contributed by atoms with van der Waals surface area (Å²) < 4.78 is 7.44. The molecule has 0 N–H and O–H groups in total. The standard InChI is InChI=1S/C25H29BrO2/c1-24(2)12-21(27)19-7-17-6-18(8-20(26)23(17)28-22(19)13-24)25-9-14-3-15(10-25)5-16(4-14)11-25/h6,8,14-16H,3-5,7,9-13H2,1-2H3. The Morgan fingerprint density at radius 2 is 1.64 bits per heavy atom. The number of ether oxygens (including phenoxy) is 1. The Morgan fingerprint density at radius 3 is 2.29 bits per heavy atom. The predicted molar refractivity (Wildman–Crippen MR) is 113 cm³/mol. The van der Waals surface area contributed by atoms with Crippen molar-refractivity contribution in [3.05, 3.63) is 39.1 Å². The molecule has 0 amide bonds. The second-order valence-electron chi connectivity index (χ2n) is 11.3. The zero-order chi connectivity index (χ0) is 19.3. The number of benzene rings is 1. The van der Waals surface area contributed by atoms with Gasteiger partial charge in [-0.15, -0.1) is 0 Å². The normalized spacial score (nSPS) is 37.5. The first-order valence-corrected chi connectivity index (χ1v) is 11.9. The lowest BCUT2D eigenvalue weighted by Gasteiger charge is -2.57. The Bertz CT molecular complexity index is 887. The second kappa shape index (κ2) is 5.74. The molecule has 5 aliphatic carbocycles. The summed E-state index contributed by atoms with van der Waals surface area (Å²) in [5, 5.41) is 0. The van der Waals surface area contributed by atoms with Crippen LogP contribution in [0.2, 0.25) is 0 Å². The van der Waals surface area contributed by atoms with E-state index in [1.807, 2.05) is 0 Å². The number of halogens is 1. The lowest BCUT2D eigenvalue weighted by molar-refractivity contribution is -0.118. The maximum absolute atomic E-state index is 12.8. The molecular formula is C25H29BrO2. The monoisotopic (exact) mass is 440 g/mol. The summed E-state index contributed by atoms with van der Waals surface area (Å²) in [6.45, 7) is 4.33. The summed E-state index contributed by atoms with van der Waals surface area (Å²) >= 11 is 3.84. The summed E-state index contributed by atoms with van der Waals surface area (Å²) in [6, 6.07) is 4.76. The summed E-state index contributed by atoms with van der Waals surface area (Å²) in [6.07, 6.45) is 10.7. The van der Waals surface area contributed by atoms with Gasteiger partial charge < -0.3 is 4.74 Å². The molecule has 1 heterocycles. The highest BCUT2D eigenvalue weighted by atomic mass is 79.9. The van der Waals surface area contributed by atoms with Crippen molar-refractivity contribution in [3.8, 4) is 5.75 Å². The largest absolute Gasteiger partial charge is 0.460 e. The number of carbonyl (C=O) groups excluding carboxylic acids is 1. The van der Waals surface area contributed by atoms with E-state index in [-0.39, 0.29) is 11.2 Å². The first-order chi connectivity index (χ1) is 13.3. The first kappa shape index (κ1) is 17.7. The molecule has 1 aromatic rings. The van der Waals surface area contributed by atoms with Crippen molar-refractivity contribution >= 4 is 21.7 Å². The van der Waals surface area contributed by atoms with E-state index in [0.29, 0.717) is 11.8 Å². The van der Waals surface area contributed by atoms with Crippen molar-refractivity contribution in [1.82, 2.24) is 0 Å². The molecule has 0 unspecified atom stereocenters. The molecule has 28 heavy (non-hydrogen) atoms. The van der Waals surface area contributed by atoms with Crippen LogP contribution in [0, 0.1) is 23.2 Å². The average Bonchev–Trinajstić information content (AvgIpc) is 2.59. The van der Waals surface area contributed by atoms with Crippen LogP contribution in [0.1, 0.15) is 76.3 Å². The lowest BCUT2D eigenvalue weighted by Crippen LogP contribution is -2.48. The van der Waals surface area contributed by atoms with Crippen LogP contribution in [0.4, 0.5) is 0 Å². The smallest absolute Gasteiger partial charge is 0.163 e. The van der Waals surface area contributed by atoms with E-state index in [9.17, 15) is 4.79 Å². The van der Waals surface area contributed by atoms with E-state index < -0.39 is 0 Å². The quantitative estimate of drug-likeness (QED) is 0.498. The molecule has 4 fully saturated rings. The van der Waals surface area contributed by atoms with Crippen LogP contribution in [0.15, 0.2) is 27.9 Å². The van der Waals surface area contributed by atoms with Gasteiger partial charge in [-0.05, 0) is 94.7 Å². The Labute approximate surface area is 176 Å². The van der Waals surface area contributed by atoms with Gasteiger partial charge in [0.15, 0.2) is 5.78 Å². The fraction of sp³-hybridized carbons (Fsp3) is 0.640. The van der Waals surface area contributed by atoms with E-state index >= 15 is 0 Å². The van der Waals surface area contributed by atoms with Crippen LogP contribution in [-0.4, -0.2) is 5.78 Å². The summed E-state index contributed by atoms with van der Waals surface area (Å²) in [7, 11) is 0. The molecule has 148 valence electrons. The number of ketones is 1. The summed E-state index contributed by atoms with van der Waals surface area (Å²) in [4.78, 5) is 12.8. The molecule has 0 aromatic heterocycles.